The Morgan fingerprint density at radius 2 is 1.71 bits per heavy atom. The van der Waals surface area contributed by atoms with Gasteiger partial charge in [0.15, 0.2) is 0 Å². The Hall–Kier alpha value is -1.84. The van der Waals surface area contributed by atoms with Crippen LogP contribution >= 0.6 is 23.2 Å². The van der Waals surface area contributed by atoms with Crippen molar-refractivity contribution >= 4 is 23.2 Å². The number of aryl methyl sites for hydroxylation is 1. The predicted molar refractivity (Wildman–Crippen MR) is 95.6 cm³/mol. The van der Waals surface area contributed by atoms with Crippen molar-refractivity contribution in [2.45, 2.75) is 31.6 Å². The van der Waals surface area contributed by atoms with Crippen LogP contribution in [0.4, 0.5) is 0 Å². The van der Waals surface area contributed by atoms with E-state index in [1.54, 1.807) is 12.4 Å². The lowest BCUT2D eigenvalue weighted by Gasteiger charge is -2.07. The van der Waals surface area contributed by atoms with Crippen LogP contribution in [0.25, 0.3) is 11.3 Å². The highest BCUT2D eigenvalue weighted by Crippen LogP contribution is 2.46. The molecule has 0 unspecified atom stereocenters. The Balaban J connectivity index is 1.72. The van der Waals surface area contributed by atoms with Gasteiger partial charge in [-0.3, -0.25) is 4.98 Å². The smallest absolute Gasteiger partial charge is 0.143 e. The molecule has 1 saturated carbocycles. The van der Waals surface area contributed by atoms with Crippen molar-refractivity contribution in [2.24, 2.45) is 0 Å². The fourth-order valence-corrected chi connectivity index (χ4v) is 3.52. The molecule has 1 aromatic carbocycles. The molecule has 0 amide bonds. The molecule has 1 fully saturated rings. The second-order valence-corrected chi connectivity index (χ2v) is 6.93. The van der Waals surface area contributed by atoms with Crippen molar-refractivity contribution in [3.05, 3.63) is 69.7 Å². The quantitative estimate of drug-likeness (QED) is 0.586. The fourth-order valence-electron chi connectivity index (χ4n) is 2.98. The maximum Gasteiger partial charge on any atom is 0.143 e. The molecule has 3 aromatic rings. The number of benzene rings is 1. The van der Waals surface area contributed by atoms with E-state index in [9.17, 15) is 0 Å². The summed E-state index contributed by atoms with van der Waals surface area (Å²) in [6.45, 7) is 0. The summed E-state index contributed by atoms with van der Waals surface area (Å²) in [6.07, 6.45) is 7.28. The number of nitrogens with zero attached hydrogens (tertiary/aromatic N) is 2. The molecule has 0 radical (unpaired) electrons. The standard InChI is InChI=1S/C19H16Cl2N2O/c20-15-10-22-11-16(21)17(15)18-14(19(24-23-18)13-7-8-13)9-6-12-4-2-1-3-5-12/h1-5,10-11,13H,6-9H2. The average Bonchev–Trinajstić information content (AvgIpc) is 3.35. The number of hydrogen-bond acceptors (Lipinski definition) is 3. The molecule has 122 valence electrons. The second-order valence-electron chi connectivity index (χ2n) is 6.11. The minimum Gasteiger partial charge on any atom is -0.360 e. The summed E-state index contributed by atoms with van der Waals surface area (Å²) in [5.74, 6) is 1.47. The van der Waals surface area contributed by atoms with E-state index in [0.29, 0.717) is 21.5 Å². The summed E-state index contributed by atoms with van der Waals surface area (Å²) in [5.41, 5.74) is 3.88. The van der Waals surface area contributed by atoms with Gasteiger partial charge in [-0.15, -0.1) is 0 Å². The van der Waals surface area contributed by atoms with E-state index < -0.39 is 0 Å². The molecule has 2 aromatic heterocycles. The van der Waals surface area contributed by atoms with E-state index in [0.717, 1.165) is 42.7 Å². The molecule has 4 rings (SSSR count). The van der Waals surface area contributed by atoms with Gasteiger partial charge in [0.25, 0.3) is 0 Å². The summed E-state index contributed by atoms with van der Waals surface area (Å²) in [6, 6.07) is 10.4. The first-order valence-electron chi connectivity index (χ1n) is 8.05. The van der Waals surface area contributed by atoms with E-state index >= 15 is 0 Å². The van der Waals surface area contributed by atoms with Gasteiger partial charge in [0.1, 0.15) is 11.5 Å². The third kappa shape index (κ3) is 3.06. The van der Waals surface area contributed by atoms with Crippen molar-refractivity contribution in [1.82, 2.24) is 10.1 Å². The first-order chi connectivity index (χ1) is 11.7. The van der Waals surface area contributed by atoms with Crippen molar-refractivity contribution in [1.29, 1.82) is 0 Å². The maximum atomic E-state index is 6.33. The summed E-state index contributed by atoms with van der Waals surface area (Å²) in [7, 11) is 0. The number of halogens is 2. The molecule has 0 atom stereocenters. The molecule has 0 N–H and O–H groups in total. The van der Waals surface area contributed by atoms with Crippen LogP contribution in [0.15, 0.2) is 47.2 Å². The third-order valence-electron chi connectivity index (χ3n) is 4.36. The summed E-state index contributed by atoms with van der Waals surface area (Å²) in [5, 5.41) is 5.31. The van der Waals surface area contributed by atoms with E-state index in [-0.39, 0.29) is 0 Å². The van der Waals surface area contributed by atoms with Gasteiger partial charge in [0.05, 0.1) is 10.0 Å². The van der Waals surface area contributed by atoms with Crippen molar-refractivity contribution < 1.29 is 4.52 Å². The second kappa shape index (κ2) is 6.58. The van der Waals surface area contributed by atoms with Crippen LogP contribution < -0.4 is 0 Å². The van der Waals surface area contributed by atoms with Crippen LogP contribution in [0.1, 0.15) is 35.6 Å². The average molecular weight is 359 g/mol. The lowest BCUT2D eigenvalue weighted by molar-refractivity contribution is 0.384. The molecule has 0 spiro atoms. The van der Waals surface area contributed by atoms with Gasteiger partial charge in [0, 0.05) is 29.4 Å². The van der Waals surface area contributed by atoms with Gasteiger partial charge in [-0.05, 0) is 31.2 Å². The van der Waals surface area contributed by atoms with Crippen LogP contribution in [-0.2, 0) is 12.8 Å². The fraction of sp³-hybridized carbons (Fsp3) is 0.263. The zero-order chi connectivity index (χ0) is 16.5. The van der Waals surface area contributed by atoms with E-state index in [2.05, 4.69) is 34.4 Å². The summed E-state index contributed by atoms with van der Waals surface area (Å²) >= 11 is 12.7. The van der Waals surface area contributed by atoms with Gasteiger partial charge in [-0.1, -0.05) is 58.7 Å². The first kappa shape index (κ1) is 15.7. The minimum absolute atomic E-state index is 0.483. The molecule has 0 saturated heterocycles. The van der Waals surface area contributed by atoms with Gasteiger partial charge < -0.3 is 4.52 Å². The van der Waals surface area contributed by atoms with Crippen molar-refractivity contribution in [2.75, 3.05) is 0 Å². The first-order valence-corrected chi connectivity index (χ1v) is 8.81. The van der Waals surface area contributed by atoms with Crippen LogP contribution in [0.3, 0.4) is 0 Å². The topological polar surface area (TPSA) is 38.9 Å². The van der Waals surface area contributed by atoms with Gasteiger partial charge >= 0.3 is 0 Å². The highest BCUT2D eigenvalue weighted by Gasteiger charge is 2.33. The van der Waals surface area contributed by atoms with Crippen molar-refractivity contribution in [3.63, 3.8) is 0 Å². The highest BCUT2D eigenvalue weighted by atomic mass is 35.5. The molecule has 5 heteroatoms. The molecule has 2 heterocycles. The normalized spacial score (nSPS) is 14.1. The number of aromatic nitrogens is 2. The van der Waals surface area contributed by atoms with Gasteiger partial charge in [-0.25, -0.2) is 0 Å². The maximum absolute atomic E-state index is 6.33. The Kier molecular flexibility index (Phi) is 4.30. The zero-order valence-corrected chi connectivity index (χ0v) is 14.5. The summed E-state index contributed by atoms with van der Waals surface area (Å²) in [4.78, 5) is 4.03. The predicted octanol–water partition coefficient (Wildman–Crippen LogP) is 5.71. The lowest BCUT2D eigenvalue weighted by Crippen LogP contribution is -1.97. The Morgan fingerprint density at radius 1 is 1.00 bits per heavy atom. The zero-order valence-electron chi connectivity index (χ0n) is 13.0. The third-order valence-corrected chi connectivity index (χ3v) is 4.94. The Labute approximate surface area is 150 Å². The monoisotopic (exact) mass is 358 g/mol. The number of rotatable bonds is 5. The minimum atomic E-state index is 0.483. The number of hydrogen-bond donors (Lipinski definition) is 0. The van der Waals surface area contributed by atoms with E-state index in [1.165, 1.54) is 5.56 Å². The number of pyridine rings is 1. The molecular weight excluding hydrogens is 343 g/mol. The molecule has 0 aliphatic heterocycles. The molecule has 3 nitrogen and oxygen atoms in total. The molecule has 1 aliphatic rings. The Bertz CT molecular complexity index is 837. The SMILES string of the molecule is Clc1cncc(Cl)c1-c1noc(C2CC2)c1CCc1ccccc1. The molecular formula is C19H16Cl2N2O. The van der Waals surface area contributed by atoms with Crippen LogP contribution in [-0.4, -0.2) is 10.1 Å². The molecule has 24 heavy (non-hydrogen) atoms. The Morgan fingerprint density at radius 3 is 2.38 bits per heavy atom. The van der Waals surface area contributed by atoms with E-state index in [1.807, 2.05) is 6.07 Å². The lowest BCUT2D eigenvalue weighted by atomic mass is 9.98. The van der Waals surface area contributed by atoms with Crippen LogP contribution in [0.5, 0.6) is 0 Å². The van der Waals surface area contributed by atoms with Gasteiger partial charge in [-0.2, -0.15) is 0 Å². The largest absolute Gasteiger partial charge is 0.360 e. The van der Waals surface area contributed by atoms with Crippen molar-refractivity contribution in [3.8, 4) is 11.3 Å². The van der Waals surface area contributed by atoms with E-state index in [4.69, 9.17) is 27.7 Å². The summed E-state index contributed by atoms with van der Waals surface area (Å²) < 4.78 is 5.68. The molecule has 1 aliphatic carbocycles. The van der Waals surface area contributed by atoms with Crippen LogP contribution in [0.2, 0.25) is 10.0 Å². The van der Waals surface area contributed by atoms with Crippen LogP contribution in [0, 0.1) is 0 Å². The molecule has 0 bridgehead atoms. The highest BCUT2D eigenvalue weighted by molar-refractivity contribution is 6.38. The van der Waals surface area contributed by atoms with Gasteiger partial charge in [0.2, 0.25) is 0 Å².